The Labute approximate surface area is 187 Å². The molecule has 5 rings (SSSR count). The summed E-state index contributed by atoms with van der Waals surface area (Å²) in [6, 6.07) is 5.09. The van der Waals surface area contributed by atoms with Gasteiger partial charge in [-0.15, -0.1) is 0 Å². The Bertz CT molecular complexity index is 919. The minimum atomic E-state index is -0.714. The smallest absolute Gasteiger partial charge is 0.354 e. The van der Waals surface area contributed by atoms with Crippen molar-refractivity contribution in [2.24, 2.45) is 23.2 Å². The van der Waals surface area contributed by atoms with E-state index >= 15 is 0 Å². The van der Waals surface area contributed by atoms with Crippen molar-refractivity contribution in [3.63, 3.8) is 0 Å². The summed E-state index contributed by atoms with van der Waals surface area (Å²) in [6.07, 6.45) is 7.78. The zero-order valence-corrected chi connectivity index (χ0v) is 18.7. The van der Waals surface area contributed by atoms with Gasteiger partial charge in [0.15, 0.2) is 0 Å². The van der Waals surface area contributed by atoms with E-state index < -0.39 is 11.9 Å². The molecule has 4 bridgehead atoms. The minimum Gasteiger partial charge on any atom is -0.494 e. The summed E-state index contributed by atoms with van der Waals surface area (Å²) in [5.41, 5.74) is 0.732. The molecule has 0 atom stereocenters. The van der Waals surface area contributed by atoms with Gasteiger partial charge in [0.25, 0.3) is 0 Å². The Morgan fingerprint density at radius 1 is 0.938 bits per heavy atom. The van der Waals surface area contributed by atoms with Crippen LogP contribution in [0.1, 0.15) is 38.5 Å². The van der Waals surface area contributed by atoms with E-state index in [9.17, 15) is 14.4 Å². The first-order chi connectivity index (χ1) is 15.4. The number of hydrogen-bond acceptors (Lipinski definition) is 7. The molecular weight excluding hydrogens is 412 g/mol. The quantitative estimate of drug-likeness (QED) is 0.492. The molecule has 4 aliphatic carbocycles. The first-order valence-electron chi connectivity index (χ1n) is 11.0. The van der Waals surface area contributed by atoms with Gasteiger partial charge in [-0.3, -0.25) is 4.79 Å². The zero-order valence-electron chi connectivity index (χ0n) is 18.7. The Kier molecular flexibility index (Phi) is 6.13. The molecule has 32 heavy (non-hydrogen) atoms. The molecule has 0 unspecified atom stereocenters. The standard InChI is InChI=1S/C24H30N2O6/c1-30-20-9-17(25-19(22(28)32-3)10-21(27)31-2)4-5-18(20)26-23(29)24-11-14-6-15(12-24)8-16(7-14)13-24/h4-5,9-10,14-16,25H,6-8,11-13H2,1-3H3,(H,26,29)/b19-10+. The summed E-state index contributed by atoms with van der Waals surface area (Å²) >= 11 is 0. The Hall–Kier alpha value is -3.03. The molecule has 4 saturated carbocycles. The van der Waals surface area contributed by atoms with Gasteiger partial charge in [0.05, 0.1) is 38.5 Å². The van der Waals surface area contributed by atoms with Crippen molar-refractivity contribution in [3.8, 4) is 5.75 Å². The van der Waals surface area contributed by atoms with Crippen molar-refractivity contribution in [1.82, 2.24) is 0 Å². The molecule has 1 aromatic rings. The van der Waals surface area contributed by atoms with Gasteiger partial charge in [-0.05, 0) is 68.4 Å². The van der Waals surface area contributed by atoms with Crippen LogP contribution in [0.25, 0.3) is 0 Å². The van der Waals surface area contributed by atoms with E-state index in [0.29, 0.717) is 34.9 Å². The lowest BCUT2D eigenvalue weighted by Crippen LogP contribution is -2.51. The van der Waals surface area contributed by atoms with Crippen LogP contribution in [-0.4, -0.2) is 39.2 Å². The molecule has 8 heteroatoms. The fourth-order valence-electron chi connectivity index (χ4n) is 6.10. The number of carbonyl (C=O) groups excluding carboxylic acids is 3. The van der Waals surface area contributed by atoms with Crippen LogP contribution in [0.15, 0.2) is 30.0 Å². The second-order valence-electron chi connectivity index (χ2n) is 9.26. The summed E-state index contributed by atoms with van der Waals surface area (Å²) in [5.74, 6) is 1.17. The Balaban J connectivity index is 1.51. The van der Waals surface area contributed by atoms with Crippen LogP contribution in [0.4, 0.5) is 11.4 Å². The first-order valence-corrected chi connectivity index (χ1v) is 11.0. The van der Waals surface area contributed by atoms with Gasteiger partial charge in [0, 0.05) is 11.8 Å². The molecule has 0 aromatic heterocycles. The number of methoxy groups -OCH3 is 3. The van der Waals surface area contributed by atoms with Crippen molar-refractivity contribution >= 4 is 29.2 Å². The molecule has 172 valence electrons. The molecule has 1 aromatic carbocycles. The topological polar surface area (TPSA) is 103 Å². The molecule has 0 radical (unpaired) electrons. The zero-order chi connectivity index (χ0) is 22.9. The van der Waals surface area contributed by atoms with E-state index in [1.54, 1.807) is 18.2 Å². The molecule has 8 nitrogen and oxygen atoms in total. The lowest BCUT2D eigenvalue weighted by atomic mass is 9.49. The predicted molar refractivity (Wildman–Crippen MR) is 118 cm³/mol. The number of esters is 2. The largest absolute Gasteiger partial charge is 0.494 e. The van der Waals surface area contributed by atoms with Gasteiger partial charge in [0.1, 0.15) is 11.4 Å². The Morgan fingerprint density at radius 2 is 1.56 bits per heavy atom. The number of benzene rings is 1. The van der Waals surface area contributed by atoms with E-state index in [2.05, 4.69) is 15.4 Å². The average molecular weight is 443 g/mol. The molecule has 0 spiro atoms. The lowest BCUT2D eigenvalue weighted by molar-refractivity contribution is -0.140. The highest BCUT2D eigenvalue weighted by Crippen LogP contribution is 2.60. The molecule has 0 heterocycles. The van der Waals surface area contributed by atoms with E-state index in [4.69, 9.17) is 9.47 Å². The summed E-state index contributed by atoms with van der Waals surface area (Å²) < 4.78 is 14.8. The molecule has 0 aliphatic heterocycles. The Morgan fingerprint density at radius 3 is 2.09 bits per heavy atom. The van der Waals surface area contributed by atoms with E-state index in [1.165, 1.54) is 40.6 Å². The molecular formula is C24H30N2O6. The second-order valence-corrected chi connectivity index (χ2v) is 9.26. The summed E-state index contributed by atoms with van der Waals surface area (Å²) in [6.45, 7) is 0. The third kappa shape index (κ3) is 4.31. The highest BCUT2D eigenvalue weighted by Gasteiger charge is 2.54. The van der Waals surface area contributed by atoms with Gasteiger partial charge in [0.2, 0.25) is 5.91 Å². The van der Waals surface area contributed by atoms with Gasteiger partial charge < -0.3 is 24.8 Å². The SMILES string of the molecule is COC(=O)/C=C(/Nc1ccc(NC(=O)C23CC4CC(CC(C4)C2)C3)c(OC)c1)C(=O)OC. The number of rotatable bonds is 7. The van der Waals surface area contributed by atoms with Gasteiger partial charge in [-0.1, -0.05) is 0 Å². The van der Waals surface area contributed by atoms with Crippen LogP contribution in [0.3, 0.4) is 0 Å². The van der Waals surface area contributed by atoms with E-state index in [1.807, 2.05) is 0 Å². The van der Waals surface area contributed by atoms with Crippen molar-refractivity contribution in [1.29, 1.82) is 0 Å². The number of carbonyl (C=O) groups is 3. The third-order valence-electron chi connectivity index (χ3n) is 7.12. The maximum Gasteiger partial charge on any atom is 0.354 e. The van der Waals surface area contributed by atoms with Gasteiger partial charge in [-0.25, -0.2) is 9.59 Å². The number of hydrogen-bond donors (Lipinski definition) is 2. The molecule has 1 amide bonds. The normalized spacial score (nSPS) is 28.1. The van der Waals surface area contributed by atoms with Crippen LogP contribution in [-0.2, 0) is 23.9 Å². The van der Waals surface area contributed by atoms with Crippen LogP contribution >= 0.6 is 0 Å². The fourth-order valence-corrected chi connectivity index (χ4v) is 6.10. The summed E-state index contributed by atoms with van der Waals surface area (Å²) in [4.78, 5) is 36.9. The van der Waals surface area contributed by atoms with Gasteiger partial charge >= 0.3 is 11.9 Å². The van der Waals surface area contributed by atoms with Crippen LogP contribution in [0.5, 0.6) is 5.75 Å². The van der Waals surface area contributed by atoms with Crippen LogP contribution in [0, 0.1) is 23.2 Å². The van der Waals surface area contributed by atoms with E-state index in [0.717, 1.165) is 25.3 Å². The van der Waals surface area contributed by atoms with Crippen molar-refractivity contribution in [2.45, 2.75) is 38.5 Å². The highest BCUT2D eigenvalue weighted by atomic mass is 16.5. The average Bonchev–Trinajstić information content (AvgIpc) is 2.77. The molecule has 0 saturated heterocycles. The third-order valence-corrected chi connectivity index (χ3v) is 7.12. The highest BCUT2D eigenvalue weighted by molar-refractivity contribution is 5.99. The van der Waals surface area contributed by atoms with Crippen molar-refractivity contribution in [3.05, 3.63) is 30.0 Å². The second kappa shape index (κ2) is 8.84. The van der Waals surface area contributed by atoms with Crippen LogP contribution in [0.2, 0.25) is 0 Å². The van der Waals surface area contributed by atoms with Crippen molar-refractivity contribution < 1.29 is 28.6 Å². The minimum absolute atomic E-state index is 0.0771. The lowest BCUT2D eigenvalue weighted by Gasteiger charge is -2.55. The summed E-state index contributed by atoms with van der Waals surface area (Å²) in [5, 5.41) is 5.95. The van der Waals surface area contributed by atoms with Crippen LogP contribution < -0.4 is 15.4 Å². The number of nitrogens with one attached hydrogen (secondary N) is 2. The maximum atomic E-state index is 13.4. The van der Waals surface area contributed by atoms with Gasteiger partial charge in [-0.2, -0.15) is 0 Å². The number of ether oxygens (including phenoxy) is 3. The molecule has 2 N–H and O–H groups in total. The molecule has 4 aliphatic rings. The monoisotopic (exact) mass is 442 g/mol. The van der Waals surface area contributed by atoms with E-state index in [-0.39, 0.29) is 17.0 Å². The maximum absolute atomic E-state index is 13.4. The fraction of sp³-hybridized carbons (Fsp3) is 0.542. The number of anilines is 2. The predicted octanol–water partition coefficient (Wildman–Crippen LogP) is 3.49. The first kappa shape index (κ1) is 22.2. The number of amides is 1. The molecule has 4 fully saturated rings. The van der Waals surface area contributed by atoms with Crippen molar-refractivity contribution in [2.75, 3.05) is 32.0 Å². The summed E-state index contributed by atoms with van der Waals surface area (Å²) in [7, 11) is 3.96.